The molecule has 4 aromatic rings. The third kappa shape index (κ3) is 3.63. The average molecular weight is 380 g/mol. The summed E-state index contributed by atoms with van der Waals surface area (Å²) < 4.78 is 0. The van der Waals surface area contributed by atoms with Crippen molar-refractivity contribution in [2.45, 2.75) is 0 Å². The lowest BCUT2D eigenvalue weighted by Crippen LogP contribution is -2.08. The minimum atomic E-state index is 0.571. The second kappa shape index (κ2) is 7.13. The molecule has 0 aliphatic heterocycles. The highest BCUT2D eigenvalue weighted by Gasteiger charge is 2.13. The zero-order chi connectivity index (χ0) is 18.8. The number of H-pyrrole nitrogens is 1. The van der Waals surface area contributed by atoms with E-state index in [1.165, 1.54) is 6.33 Å². The van der Waals surface area contributed by atoms with E-state index in [9.17, 15) is 0 Å². The number of anilines is 5. The van der Waals surface area contributed by atoms with Crippen LogP contribution in [0.3, 0.4) is 0 Å². The Morgan fingerprint density at radius 3 is 2.52 bits per heavy atom. The molecule has 2 heterocycles. The molecule has 0 saturated carbocycles. The number of rotatable bonds is 5. The molecule has 0 radical (unpaired) electrons. The van der Waals surface area contributed by atoms with Crippen molar-refractivity contribution in [2.75, 3.05) is 29.6 Å². The third-order valence-corrected chi connectivity index (χ3v) is 4.33. The molecule has 0 spiro atoms. The molecule has 0 amide bonds. The van der Waals surface area contributed by atoms with Crippen LogP contribution < -0.4 is 15.5 Å². The van der Waals surface area contributed by atoms with Gasteiger partial charge in [-0.2, -0.15) is 5.10 Å². The van der Waals surface area contributed by atoms with E-state index in [1.54, 1.807) is 0 Å². The minimum Gasteiger partial charge on any atom is -0.378 e. The van der Waals surface area contributed by atoms with Crippen LogP contribution in [0.4, 0.5) is 28.7 Å². The third-order valence-electron chi connectivity index (χ3n) is 4.09. The molecule has 0 bridgehead atoms. The average Bonchev–Trinajstić information content (AvgIpc) is 3.06. The van der Waals surface area contributed by atoms with Gasteiger partial charge in [-0.1, -0.05) is 17.7 Å². The second-order valence-corrected chi connectivity index (χ2v) is 6.66. The van der Waals surface area contributed by atoms with Crippen molar-refractivity contribution < 1.29 is 0 Å². The van der Waals surface area contributed by atoms with Gasteiger partial charge in [0.15, 0.2) is 5.65 Å². The van der Waals surface area contributed by atoms with Crippen molar-refractivity contribution in [3.63, 3.8) is 0 Å². The summed E-state index contributed by atoms with van der Waals surface area (Å²) in [5.41, 5.74) is 3.47. The lowest BCUT2D eigenvalue weighted by Gasteiger charge is -2.13. The van der Waals surface area contributed by atoms with Crippen molar-refractivity contribution >= 4 is 51.3 Å². The molecule has 136 valence electrons. The van der Waals surface area contributed by atoms with E-state index in [4.69, 9.17) is 11.6 Å². The summed E-state index contributed by atoms with van der Waals surface area (Å²) in [6.45, 7) is 0. The summed E-state index contributed by atoms with van der Waals surface area (Å²) in [6.07, 6.45) is 1.48. The molecule has 4 rings (SSSR count). The zero-order valence-corrected chi connectivity index (χ0v) is 15.6. The molecule has 0 aliphatic rings. The van der Waals surface area contributed by atoms with Gasteiger partial charge in [-0.3, -0.25) is 5.10 Å². The Morgan fingerprint density at radius 1 is 0.963 bits per heavy atom. The summed E-state index contributed by atoms with van der Waals surface area (Å²) in [5, 5.41) is 15.3. The Balaban J connectivity index is 1.67. The largest absolute Gasteiger partial charge is 0.378 e. The van der Waals surface area contributed by atoms with E-state index < -0.39 is 0 Å². The predicted molar refractivity (Wildman–Crippen MR) is 110 cm³/mol. The molecule has 0 fully saturated rings. The first-order valence-electron chi connectivity index (χ1n) is 8.36. The molecule has 0 aliphatic carbocycles. The number of aromatic amines is 1. The van der Waals surface area contributed by atoms with Crippen LogP contribution >= 0.6 is 11.6 Å². The summed E-state index contributed by atoms with van der Waals surface area (Å²) in [4.78, 5) is 10.7. The first kappa shape index (κ1) is 17.1. The number of aromatic nitrogens is 4. The summed E-state index contributed by atoms with van der Waals surface area (Å²) in [7, 11) is 4.02. The van der Waals surface area contributed by atoms with E-state index in [-0.39, 0.29) is 0 Å². The number of nitrogens with one attached hydrogen (secondary N) is 3. The SMILES string of the molecule is CN(C)c1ccc(Nc2[nH]nc3ncnc(Nc4cccc(Cl)c4)c23)cc1. The highest BCUT2D eigenvalue weighted by Crippen LogP contribution is 2.30. The van der Waals surface area contributed by atoms with Crippen molar-refractivity contribution in [3.05, 3.63) is 59.9 Å². The topological polar surface area (TPSA) is 81.8 Å². The minimum absolute atomic E-state index is 0.571. The Kier molecular flexibility index (Phi) is 4.52. The highest BCUT2D eigenvalue weighted by molar-refractivity contribution is 6.30. The van der Waals surface area contributed by atoms with E-state index in [0.717, 1.165) is 22.4 Å². The number of hydrogen-bond acceptors (Lipinski definition) is 6. The molecule has 0 atom stereocenters. The van der Waals surface area contributed by atoms with Crippen LogP contribution in [0.15, 0.2) is 54.9 Å². The smallest absolute Gasteiger partial charge is 0.188 e. The summed E-state index contributed by atoms with van der Waals surface area (Å²) in [5.74, 6) is 1.36. The van der Waals surface area contributed by atoms with Gasteiger partial charge in [0.25, 0.3) is 0 Å². The Bertz CT molecular complexity index is 1070. The zero-order valence-electron chi connectivity index (χ0n) is 14.9. The van der Waals surface area contributed by atoms with Crippen molar-refractivity contribution in [1.82, 2.24) is 20.2 Å². The Hall–Kier alpha value is -3.32. The van der Waals surface area contributed by atoms with Gasteiger partial charge in [0, 0.05) is 36.2 Å². The number of benzene rings is 2. The predicted octanol–water partition coefficient (Wildman–Crippen LogP) is 4.56. The number of nitrogens with zero attached hydrogens (tertiary/aromatic N) is 4. The lowest BCUT2D eigenvalue weighted by atomic mass is 10.2. The normalized spacial score (nSPS) is 10.8. The van der Waals surface area contributed by atoms with Crippen LogP contribution in [0.25, 0.3) is 11.0 Å². The summed E-state index contributed by atoms with van der Waals surface area (Å²) in [6, 6.07) is 15.6. The number of halogens is 1. The van der Waals surface area contributed by atoms with Gasteiger partial charge in [-0.15, -0.1) is 0 Å². The molecule has 3 N–H and O–H groups in total. The Labute approximate surface area is 161 Å². The van der Waals surface area contributed by atoms with Crippen molar-refractivity contribution in [1.29, 1.82) is 0 Å². The lowest BCUT2D eigenvalue weighted by molar-refractivity contribution is 1.09. The molecule has 2 aromatic carbocycles. The van der Waals surface area contributed by atoms with E-state index in [0.29, 0.717) is 22.3 Å². The molecule has 7 nitrogen and oxygen atoms in total. The van der Waals surface area contributed by atoms with Crippen molar-refractivity contribution in [3.8, 4) is 0 Å². The molecule has 8 heteroatoms. The van der Waals surface area contributed by atoms with Gasteiger partial charge in [0.1, 0.15) is 23.3 Å². The molecule has 0 unspecified atom stereocenters. The quantitative estimate of drug-likeness (QED) is 0.471. The summed E-state index contributed by atoms with van der Waals surface area (Å²) >= 11 is 6.07. The highest BCUT2D eigenvalue weighted by atomic mass is 35.5. The van der Waals surface area contributed by atoms with E-state index >= 15 is 0 Å². The fourth-order valence-corrected chi connectivity index (χ4v) is 2.92. The molecule has 0 saturated heterocycles. The molecule has 2 aromatic heterocycles. The number of hydrogen-bond donors (Lipinski definition) is 3. The molecular weight excluding hydrogens is 362 g/mol. The fraction of sp³-hybridized carbons (Fsp3) is 0.105. The first-order chi connectivity index (χ1) is 13.1. The monoisotopic (exact) mass is 379 g/mol. The second-order valence-electron chi connectivity index (χ2n) is 6.22. The van der Waals surface area contributed by atoms with Gasteiger partial charge in [0.2, 0.25) is 0 Å². The Morgan fingerprint density at radius 2 is 1.78 bits per heavy atom. The van der Waals surface area contributed by atoms with Gasteiger partial charge in [-0.25, -0.2) is 9.97 Å². The van der Waals surface area contributed by atoms with Gasteiger partial charge >= 0.3 is 0 Å². The van der Waals surface area contributed by atoms with Crippen LogP contribution in [0.2, 0.25) is 5.02 Å². The molecule has 27 heavy (non-hydrogen) atoms. The van der Waals surface area contributed by atoms with Crippen LogP contribution in [-0.2, 0) is 0 Å². The van der Waals surface area contributed by atoms with E-state index in [2.05, 4.69) is 35.7 Å². The van der Waals surface area contributed by atoms with Crippen LogP contribution in [-0.4, -0.2) is 34.3 Å². The maximum Gasteiger partial charge on any atom is 0.188 e. The maximum absolute atomic E-state index is 6.07. The van der Waals surface area contributed by atoms with Crippen LogP contribution in [0, 0.1) is 0 Å². The van der Waals surface area contributed by atoms with Gasteiger partial charge in [-0.05, 0) is 42.5 Å². The molecular formula is C19H18ClN7. The van der Waals surface area contributed by atoms with Gasteiger partial charge < -0.3 is 15.5 Å². The standard InChI is InChI=1S/C19H18ClN7/c1-27(2)15-8-6-13(7-9-15)23-19-16-17(21-11-22-18(16)25-26-19)24-14-5-3-4-12(20)10-14/h3-11H,1-2H3,(H3,21,22,23,24,25,26). The first-order valence-corrected chi connectivity index (χ1v) is 8.74. The fourth-order valence-electron chi connectivity index (χ4n) is 2.73. The van der Waals surface area contributed by atoms with E-state index in [1.807, 2.05) is 62.6 Å². The van der Waals surface area contributed by atoms with Gasteiger partial charge in [0.05, 0.1) is 0 Å². The van der Waals surface area contributed by atoms with Crippen molar-refractivity contribution in [2.24, 2.45) is 0 Å². The van der Waals surface area contributed by atoms with Crippen LogP contribution in [0.5, 0.6) is 0 Å². The van der Waals surface area contributed by atoms with Crippen LogP contribution in [0.1, 0.15) is 0 Å². The number of fused-ring (bicyclic) bond motifs is 1. The maximum atomic E-state index is 6.07.